The third-order valence-electron chi connectivity index (χ3n) is 9.24. The number of rotatable bonds is 30. The minimum absolute atomic E-state index is 0.0817. The first-order valence-electron chi connectivity index (χ1n) is 20.5. The highest BCUT2D eigenvalue weighted by Gasteiger charge is 2.18. The summed E-state index contributed by atoms with van der Waals surface area (Å²) in [6.45, 7) is 4.95. The number of nitrogens with one attached hydrogen (secondary N) is 9. The molecule has 21 N–H and O–H groups in total. The molecule has 2 atom stereocenters. The van der Waals surface area contributed by atoms with Crippen molar-refractivity contribution in [1.82, 2.24) is 46.8 Å². The SMILES string of the molecule is N=C(N)NCCCC[C@H](N)C(=O)NCCCN(CCCNC(=O)[C@@H](N)CCCCNC(=N)N)CCOc1ccc(CCCCNC(=N)NC(=O)c2nc(Cl)c(N)nc2N)cc1. The molecule has 0 aliphatic rings. The van der Waals surface area contributed by atoms with Gasteiger partial charge in [0.15, 0.2) is 40.4 Å². The normalized spacial score (nSPS) is 11.9. The van der Waals surface area contributed by atoms with Crippen LogP contribution in [-0.4, -0.2) is 122 Å². The fourth-order valence-electron chi connectivity index (χ4n) is 5.85. The van der Waals surface area contributed by atoms with Crippen LogP contribution in [0.4, 0.5) is 11.6 Å². The summed E-state index contributed by atoms with van der Waals surface area (Å²) in [5.41, 5.74) is 34.9. The number of ether oxygens (including phenoxy) is 1. The van der Waals surface area contributed by atoms with Crippen LogP contribution in [0.15, 0.2) is 24.3 Å². The van der Waals surface area contributed by atoms with E-state index in [9.17, 15) is 14.4 Å². The quantitative estimate of drug-likeness (QED) is 0.0260. The van der Waals surface area contributed by atoms with E-state index in [0.717, 1.165) is 56.3 Å². The summed E-state index contributed by atoms with van der Waals surface area (Å²) in [5.74, 6) is -1.03. The van der Waals surface area contributed by atoms with Crippen molar-refractivity contribution in [2.45, 2.75) is 82.7 Å². The van der Waals surface area contributed by atoms with Gasteiger partial charge in [0.1, 0.15) is 12.4 Å². The summed E-state index contributed by atoms with van der Waals surface area (Å²) in [7, 11) is 0. The number of benzene rings is 1. The van der Waals surface area contributed by atoms with E-state index < -0.39 is 18.0 Å². The predicted molar refractivity (Wildman–Crippen MR) is 239 cm³/mol. The molecular formula is C38H67ClN18O4. The lowest BCUT2D eigenvalue weighted by molar-refractivity contribution is -0.123. The van der Waals surface area contributed by atoms with Crippen LogP contribution < -0.4 is 71.0 Å². The van der Waals surface area contributed by atoms with Crippen LogP contribution in [0.3, 0.4) is 0 Å². The molecule has 0 aliphatic heterocycles. The van der Waals surface area contributed by atoms with Crippen LogP contribution in [0.1, 0.15) is 80.3 Å². The van der Waals surface area contributed by atoms with Gasteiger partial charge in [-0.05, 0) is 101 Å². The lowest BCUT2D eigenvalue weighted by Crippen LogP contribution is -2.42. The van der Waals surface area contributed by atoms with E-state index >= 15 is 0 Å². The standard InChI is InChI=1S/C38H67ClN18O4/c39-30-32(43)55-31(42)29(54-30)35(60)56-38(48)53-18-4-1-9-25-12-14-26(15-13-25)61-24-23-57(21-7-19-49-33(58)27(40)10-2-5-16-51-36(44)45)22-8-20-50-34(59)28(41)11-3-6-17-52-37(46)47/h12-15,27-28H,1-11,16-24,40-41H2,(H,49,58)(H,50,59)(H4,42,43,55)(H4,44,45,51)(H4,46,47,52)(H3,48,53,56,60)/t27-,28-/m0/s1. The molecule has 0 spiro atoms. The number of anilines is 2. The van der Waals surface area contributed by atoms with Crippen molar-refractivity contribution in [3.63, 3.8) is 0 Å². The number of nitrogen functional groups attached to an aromatic ring is 2. The fraction of sp³-hybridized carbons (Fsp3) is 0.579. The van der Waals surface area contributed by atoms with Crippen molar-refractivity contribution < 1.29 is 19.1 Å². The minimum Gasteiger partial charge on any atom is -0.492 e. The third-order valence-corrected chi connectivity index (χ3v) is 9.52. The first kappa shape index (κ1) is 51.4. The molecule has 340 valence electrons. The van der Waals surface area contributed by atoms with Crippen LogP contribution in [0.2, 0.25) is 5.15 Å². The van der Waals surface area contributed by atoms with Crippen LogP contribution >= 0.6 is 11.6 Å². The van der Waals surface area contributed by atoms with Gasteiger partial charge in [0.2, 0.25) is 11.8 Å². The van der Waals surface area contributed by atoms with Gasteiger partial charge < -0.3 is 65.7 Å². The smallest absolute Gasteiger partial charge is 0.280 e. The maximum Gasteiger partial charge on any atom is 0.280 e. The van der Waals surface area contributed by atoms with Gasteiger partial charge >= 0.3 is 0 Å². The highest BCUT2D eigenvalue weighted by Crippen LogP contribution is 2.17. The molecule has 1 aromatic heterocycles. The number of aryl methyl sites for hydroxylation is 1. The molecule has 0 bridgehead atoms. The Morgan fingerprint density at radius 1 is 0.672 bits per heavy atom. The summed E-state index contributed by atoms with van der Waals surface area (Å²) in [6.07, 6.45) is 7.83. The monoisotopic (exact) mass is 875 g/mol. The van der Waals surface area contributed by atoms with E-state index in [1.165, 1.54) is 0 Å². The zero-order valence-corrected chi connectivity index (χ0v) is 35.7. The number of hydrogen-bond donors (Lipinski definition) is 15. The summed E-state index contributed by atoms with van der Waals surface area (Å²) in [6, 6.07) is 6.66. The van der Waals surface area contributed by atoms with Crippen LogP contribution in [0, 0.1) is 16.2 Å². The van der Waals surface area contributed by atoms with Gasteiger partial charge in [0, 0.05) is 39.3 Å². The average molecular weight is 876 g/mol. The van der Waals surface area contributed by atoms with Gasteiger partial charge in [-0.3, -0.25) is 40.8 Å². The van der Waals surface area contributed by atoms with Gasteiger partial charge in [-0.25, -0.2) is 9.97 Å². The Labute approximate surface area is 362 Å². The molecule has 1 aromatic carbocycles. The Balaban J connectivity index is 1.76. The van der Waals surface area contributed by atoms with Crippen molar-refractivity contribution in [2.24, 2.45) is 22.9 Å². The van der Waals surface area contributed by atoms with Crippen molar-refractivity contribution in [1.29, 1.82) is 16.2 Å². The molecule has 0 unspecified atom stereocenters. The van der Waals surface area contributed by atoms with Gasteiger partial charge in [-0.2, -0.15) is 0 Å². The van der Waals surface area contributed by atoms with E-state index in [-0.39, 0.29) is 52.2 Å². The molecule has 2 aromatic rings. The topological polar surface area (TPSA) is 389 Å². The van der Waals surface area contributed by atoms with E-state index in [1.54, 1.807) is 0 Å². The maximum atomic E-state index is 12.5. The highest BCUT2D eigenvalue weighted by atomic mass is 35.5. The molecule has 3 amide bonds. The second kappa shape index (κ2) is 29.5. The lowest BCUT2D eigenvalue weighted by Gasteiger charge is -2.23. The number of nitrogens with two attached hydrogens (primary N) is 6. The Morgan fingerprint density at radius 2 is 1.18 bits per heavy atom. The van der Waals surface area contributed by atoms with E-state index in [4.69, 9.17) is 67.0 Å². The number of guanidine groups is 3. The van der Waals surface area contributed by atoms with E-state index in [0.29, 0.717) is 84.6 Å². The third kappa shape index (κ3) is 23.0. The predicted octanol–water partition coefficient (Wildman–Crippen LogP) is -0.774. The summed E-state index contributed by atoms with van der Waals surface area (Å²) in [4.78, 5) is 47.3. The number of amides is 3. The molecule has 22 nitrogen and oxygen atoms in total. The highest BCUT2D eigenvalue weighted by molar-refractivity contribution is 6.31. The first-order chi connectivity index (χ1) is 29.2. The van der Waals surface area contributed by atoms with Crippen molar-refractivity contribution in [3.8, 4) is 5.75 Å². The second-order valence-electron chi connectivity index (χ2n) is 14.4. The van der Waals surface area contributed by atoms with E-state index in [1.807, 2.05) is 24.3 Å². The Bertz CT molecular complexity index is 1640. The zero-order valence-electron chi connectivity index (χ0n) is 34.9. The fourth-order valence-corrected chi connectivity index (χ4v) is 5.98. The Kier molecular flexibility index (Phi) is 24.9. The van der Waals surface area contributed by atoms with Gasteiger partial charge in [-0.15, -0.1) is 0 Å². The molecule has 0 aliphatic carbocycles. The van der Waals surface area contributed by atoms with Crippen molar-refractivity contribution in [3.05, 3.63) is 40.7 Å². The van der Waals surface area contributed by atoms with Crippen LogP contribution in [-0.2, 0) is 16.0 Å². The number of unbranched alkanes of at least 4 members (excludes halogenated alkanes) is 3. The number of carbonyl (C=O) groups is 3. The Morgan fingerprint density at radius 3 is 1.72 bits per heavy atom. The molecule has 0 radical (unpaired) electrons. The van der Waals surface area contributed by atoms with Crippen molar-refractivity contribution >= 4 is 58.8 Å². The largest absolute Gasteiger partial charge is 0.492 e. The number of carbonyl (C=O) groups excluding carboxylic acids is 3. The van der Waals surface area contributed by atoms with Crippen molar-refractivity contribution in [2.75, 3.05) is 70.4 Å². The zero-order chi connectivity index (χ0) is 45.0. The van der Waals surface area contributed by atoms with Crippen LogP contribution in [0.25, 0.3) is 0 Å². The average Bonchev–Trinajstić information content (AvgIpc) is 3.21. The molecular weight excluding hydrogens is 808 g/mol. The number of hydrogen-bond acceptors (Lipinski definition) is 14. The lowest BCUT2D eigenvalue weighted by atomic mass is 10.1. The summed E-state index contributed by atoms with van der Waals surface area (Å²) in [5, 5.41) is 38.8. The molecule has 2 rings (SSSR count). The second-order valence-corrected chi connectivity index (χ2v) is 14.7. The van der Waals surface area contributed by atoms with Gasteiger partial charge in [0.05, 0.1) is 12.1 Å². The minimum atomic E-state index is -0.725. The summed E-state index contributed by atoms with van der Waals surface area (Å²) >= 11 is 5.83. The molecule has 0 fully saturated rings. The maximum absolute atomic E-state index is 12.5. The molecule has 23 heteroatoms. The molecule has 61 heavy (non-hydrogen) atoms. The van der Waals surface area contributed by atoms with E-state index in [2.05, 4.69) is 46.8 Å². The Hall–Kier alpha value is -5.71. The van der Waals surface area contributed by atoms with Crippen LogP contribution in [0.5, 0.6) is 5.75 Å². The number of nitrogens with zero attached hydrogens (tertiary/aromatic N) is 3. The molecule has 0 saturated heterocycles. The van der Waals surface area contributed by atoms with Gasteiger partial charge in [-0.1, -0.05) is 23.7 Å². The van der Waals surface area contributed by atoms with Gasteiger partial charge in [0.25, 0.3) is 5.91 Å². The molecule has 1 heterocycles. The first-order valence-corrected chi connectivity index (χ1v) is 20.9. The number of halogens is 1. The summed E-state index contributed by atoms with van der Waals surface area (Å²) < 4.78 is 6.07. The molecule has 0 saturated carbocycles. The number of aromatic nitrogens is 2.